The molecule has 1 radical (unpaired) electrons. The van der Waals surface area contributed by atoms with Crippen molar-refractivity contribution in [2.45, 2.75) is 32.4 Å². The molecule has 7 nitrogen and oxygen atoms in total. The van der Waals surface area contributed by atoms with Gasteiger partial charge in [-0.15, -0.1) is 0 Å². The molecule has 1 aromatic heterocycles. The summed E-state index contributed by atoms with van der Waals surface area (Å²) in [5.74, 6) is 2.32. The molecule has 2 aliphatic heterocycles. The maximum atomic E-state index is 11.3. The van der Waals surface area contributed by atoms with Gasteiger partial charge in [0.1, 0.15) is 30.5 Å². The normalized spacial score (nSPS) is 17.7. The van der Waals surface area contributed by atoms with Gasteiger partial charge in [-0.05, 0) is 30.3 Å². The molecule has 0 aliphatic carbocycles. The smallest absolute Gasteiger partial charge is 0.303 e. The molecule has 0 spiro atoms. The van der Waals surface area contributed by atoms with Crippen LogP contribution in [0.3, 0.4) is 0 Å². The Hall–Kier alpha value is -3.00. The van der Waals surface area contributed by atoms with E-state index in [9.17, 15) is 4.79 Å². The first-order valence-corrected chi connectivity index (χ1v) is 11.6. The summed E-state index contributed by atoms with van der Waals surface area (Å²) in [5.41, 5.74) is 5.99. The Kier molecular flexibility index (Phi) is 6.49. The molecule has 35 heavy (non-hydrogen) atoms. The average Bonchev–Trinajstić information content (AvgIpc) is 3.54. The molecule has 2 atom stereocenters. The average molecular weight is 479 g/mol. The fourth-order valence-electron chi connectivity index (χ4n) is 4.88. The van der Waals surface area contributed by atoms with Crippen LogP contribution >= 0.6 is 0 Å². The van der Waals surface area contributed by atoms with Gasteiger partial charge < -0.3 is 19.5 Å². The molecule has 8 heteroatoms. The number of ether oxygens (including phenoxy) is 3. The van der Waals surface area contributed by atoms with Crippen LogP contribution in [0.1, 0.15) is 42.9 Å². The molecule has 0 amide bonds. The van der Waals surface area contributed by atoms with Crippen molar-refractivity contribution in [3.63, 3.8) is 0 Å². The molecular formula is C27H25N3NaO4. The van der Waals surface area contributed by atoms with Crippen molar-refractivity contribution in [3.8, 4) is 17.2 Å². The first kappa shape index (κ1) is 23.7. The Morgan fingerprint density at radius 3 is 2.77 bits per heavy atom. The van der Waals surface area contributed by atoms with Crippen molar-refractivity contribution in [2.75, 3.05) is 18.5 Å². The number of esters is 1. The minimum Gasteiger partial charge on any atom is -0.489 e. The SMILES string of the molecule is CCc1nc2ccccc2n1-c1cccc2c1OC[C@H]2Nc1ccc2c(c1)OC[C@H]2OC(C)=O.[Na]. The standard InChI is InChI=1S/C27H25N3O4.Na/c1-3-26-29-20-8-4-5-9-22(20)30(26)23-10-6-7-18-21(14-33-27(18)23)28-17-11-12-19-24(13-17)32-15-25(19)34-16(2)31;/h4-13,21,25,28H,3,14-15H2,1-2H3;/t21-,25-;/m1./s1. The number of hydrogen-bond donors (Lipinski definition) is 1. The number of nitrogens with one attached hydrogen (secondary N) is 1. The Labute approximate surface area is 225 Å². The maximum absolute atomic E-state index is 11.3. The van der Waals surface area contributed by atoms with E-state index in [4.69, 9.17) is 19.2 Å². The van der Waals surface area contributed by atoms with Crippen LogP contribution < -0.4 is 14.8 Å². The number of fused-ring (bicyclic) bond motifs is 3. The number of aromatic nitrogens is 2. The van der Waals surface area contributed by atoms with Crippen molar-refractivity contribution < 1.29 is 19.0 Å². The Bertz CT molecular complexity index is 1420. The van der Waals surface area contributed by atoms with Crippen LogP contribution in [-0.2, 0) is 16.0 Å². The van der Waals surface area contributed by atoms with Crippen molar-refractivity contribution in [1.29, 1.82) is 0 Å². The van der Waals surface area contributed by atoms with E-state index in [2.05, 4.69) is 41.1 Å². The molecule has 173 valence electrons. The number of hydrogen-bond acceptors (Lipinski definition) is 6. The van der Waals surface area contributed by atoms with Crippen molar-refractivity contribution >= 4 is 52.2 Å². The third kappa shape index (κ3) is 4.18. The minimum absolute atomic E-state index is 0. The summed E-state index contributed by atoms with van der Waals surface area (Å²) in [6.45, 7) is 4.40. The molecule has 3 aromatic carbocycles. The molecular weight excluding hydrogens is 453 g/mol. The zero-order valence-corrected chi connectivity index (χ0v) is 22.1. The van der Waals surface area contributed by atoms with Gasteiger partial charge in [0.05, 0.1) is 22.8 Å². The van der Waals surface area contributed by atoms with E-state index in [1.54, 1.807) is 0 Å². The third-order valence-corrected chi connectivity index (χ3v) is 6.38. The zero-order chi connectivity index (χ0) is 23.2. The number of benzene rings is 3. The minimum atomic E-state index is -0.350. The van der Waals surface area contributed by atoms with Gasteiger partial charge in [-0.25, -0.2) is 4.98 Å². The van der Waals surface area contributed by atoms with E-state index in [-0.39, 0.29) is 47.7 Å². The Morgan fingerprint density at radius 1 is 1.09 bits per heavy atom. The predicted octanol–water partition coefficient (Wildman–Crippen LogP) is 4.75. The predicted molar refractivity (Wildman–Crippen MR) is 135 cm³/mol. The fraction of sp³-hybridized carbons (Fsp3) is 0.259. The van der Waals surface area contributed by atoms with Crippen LogP contribution in [0.5, 0.6) is 11.5 Å². The van der Waals surface area contributed by atoms with Gasteiger partial charge in [0.25, 0.3) is 0 Å². The largest absolute Gasteiger partial charge is 0.489 e. The second kappa shape index (κ2) is 9.57. The molecule has 0 bridgehead atoms. The van der Waals surface area contributed by atoms with Crippen LogP contribution in [0.25, 0.3) is 16.7 Å². The Balaban J connectivity index is 0.00000253. The summed E-state index contributed by atoms with van der Waals surface area (Å²) in [5, 5.41) is 3.58. The van der Waals surface area contributed by atoms with Gasteiger partial charge in [0, 0.05) is 65.8 Å². The number of para-hydroxylation sites is 3. The fourth-order valence-corrected chi connectivity index (χ4v) is 4.88. The summed E-state index contributed by atoms with van der Waals surface area (Å²) < 4.78 is 19.5. The van der Waals surface area contributed by atoms with Crippen LogP contribution in [-0.4, -0.2) is 58.3 Å². The van der Waals surface area contributed by atoms with E-state index in [1.807, 2.05) is 36.4 Å². The topological polar surface area (TPSA) is 74.6 Å². The number of carbonyl (C=O) groups excluding carboxylic acids is 1. The van der Waals surface area contributed by atoms with E-state index < -0.39 is 0 Å². The van der Waals surface area contributed by atoms with E-state index in [1.165, 1.54) is 6.92 Å². The molecule has 0 saturated heterocycles. The van der Waals surface area contributed by atoms with Gasteiger partial charge in [0.2, 0.25) is 0 Å². The molecule has 4 aromatic rings. The maximum Gasteiger partial charge on any atom is 0.303 e. The number of nitrogens with zero attached hydrogens (tertiary/aromatic N) is 2. The van der Waals surface area contributed by atoms with Gasteiger partial charge >= 0.3 is 5.97 Å². The monoisotopic (exact) mass is 478 g/mol. The summed E-state index contributed by atoms with van der Waals surface area (Å²) in [6, 6.07) is 20.4. The van der Waals surface area contributed by atoms with Crippen molar-refractivity contribution in [3.05, 3.63) is 77.6 Å². The number of anilines is 1. The Morgan fingerprint density at radius 2 is 1.94 bits per heavy atom. The number of aryl methyl sites for hydroxylation is 1. The van der Waals surface area contributed by atoms with Crippen LogP contribution in [0, 0.1) is 0 Å². The van der Waals surface area contributed by atoms with Crippen LogP contribution in [0.2, 0.25) is 0 Å². The second-order valence-electron chi connectivity index (χ2n) is 8.57. The summed E-state index contributed by atoms with van der Waals surface area (Å²) in [6.07, 6.45) is 0.473. The van der Waals surface area contributed by atoms with Gasteiger partial charge in [-0.1, -0.05) is 31.2 Å². The van der Waals surface area contributed by atoms with E-state index in [0.717, 1.165) is 57.3 Å². The summed E-state index contributed by atoms with van der Waals surface area (Å²) in [7, 11) is 0. The number of carbonyl (C=O) groups is 1. The molecule has 6 rings (SSSR count). The van der Waals surface area contributed by atoms with Gasteiger partial charge in [-0.2, -0.15) is 0 Å². The first-order chi connectivity index (χ1) is 16.6. The quantitative estimate of drug-likeness (QED) is 0.330. The van der Waals surface area contributed by atoms with E-state index in [0.29, 0.717) is 13.2 Å². The van der Waals surface area contributed by atoms with Gasteiger partial charge in [-0.3, -0.25) is 9.36 Å². The second-order valence-corrected chi connectivity index (χ2v) is 8.57. The van der Waals surface area contributed by atoms with E-state index >= 15 is 0 Å². The molecule has 1 N–H and O–H groups in total. The molecule has 0 saturated carbocycles. The number of rotatable bonds is 5. The number of imidazole rings is 1. The molecule has 3 heterocycles. The third-order valence-electron chi connectivity index (χ3n) is 6.38. The summed E-state index contributed by atoms with van der Waals surface area (Å²) in [4.78, 5) is 16.2. The molecule has 0 fully saturated rings. The van der Waals surface area contributed by atoms with Gasteiger partial charge in [0.15, 0.2) is 6.10 Å². The molecule has 2 aliphatic rings. The van der Waals surface area contributed by atoms with Crippen LogP contribution in [0.15, 0.2) is 60.7 Å². The van der Waals surface area contributed by atoms with Crippen molar-refractivity contribution in [2.24, 2.45) is 0 Å². The zero-order valence-electron chi connectivity index (χ0n) is 20.1. The molecule has 0 unspecified atom stereocenters. The first-order valence-electron chi connectivity index (χ1n) is 11.6. The van der Waals surface area contributed by atoms with Crippen LogP contribution in [0.4, 0.5) is 5.69 Å². The van der Waals surface area contributed by atoms with Crippen molar-refractivity contribution in [1.82, 2.24) is 9.55 Å². The summed E-state index contributed by atoms with van der Waals surface area (Å²) >= 11 is 0.